The molecule has 2 heterocycles. The lowest BCUT2D eigenvalue weighted by molar-refractivity contribution is -0.114. The Bertz CT molecular complexity index is 846. The summed E-state index contributed by atoms with van der Waals surface area (Å²) in [6, 6.07) is 8.97. The van der Waals surface area contributed by atoms with Crippen LogP contribution in [0.2, 0.25) is 0 Å². The number of rotatable bonds is 4. The van der Waals surface area contributed by atoms with Gasteiger partial charge in [0.15, 0.2) is 0 Å². The molecule has 1 aliphatic rings. The van der Waals surface area contributed by atoms with Crippen LogP contribution in [0.5, 0.6) is 0 Å². The molecule has 0 unspecified atom stereocenters. The fraction of sp³-hybridized carbons (Fsp3) is 0.368. The molecule has 1 aromatic heterocycles. The maximum Gasteiger partial charge on any atom is 0.272 e. The molecule has 0 spiro atoms. The standard InChI is InChI=1S/C19H24N6O2/c1-13-20-17(19(27)25-9-7-24(3)8-10-25)12-18(21-13)23-16-6-4-5-15(11-16)22-14(2)26/h4-6,11-12H,7-10H2,1-3H3,(H,22,26)(H,20,21,23). The van der Waals surface area contributed by atoms with Crippen molar-refractivity contribution < 1.29 is 9.59 Å². The first-order valence-corrected chi connectivity index (χ1v) is 8.89. The molecule has 142 valence electrons. The molecule has 1 fully saturated rings. The van der Waals surface area contributed by atoms with E-state index in [-0.39, 0.29) is 11.8 Å². The highest BCUT2D eigenvalue weighted by Crippen LogP contribution is 2.20. The Hall–Kier alpha value is -3.00. The van der Waals surface area contributed by atoms with Crippen LogP contribution in [-0.4, -0.2) is 64.8 Å². The van der Waals surface area contributed by atoms with E-state index in [2.05, 4.69) is 25.5 Å². The highest BCUT2D eigenvalue weighted by molar-refractivity contribution is 5.93. The van der Waals surface area contributed by atoms with Crippen LogP contribution in [0.3, 0.4) is 0 Å². The average Bonchev–Trinajstić information content (AvgIpc) is 2.61. The fourth-order valence-electron chi connectivity index (χ4n) is 2.94. The van der Waals surface area contributed by atoms with Gasteiger partial charge >= 0.3 is 0 Å². The van der Waals surface area contributed by atoms with E-state index >= 15 is 0 Å². The van der Waals surface area contributed by atoms with E-state index < -0.39 is 0 Å². The molecule has 0 bridgehead atoms. The van der Waals surface area contributed by atoms with Gasteiger partial charge < -0.3 is 20.4 Å². The van der Waals surface area contributed by atoms with Gasteiger partial charge in [-0.2, -0.15) is 0 Å². The summed E-state index contributed by atoms with van der Waals surface area (Å²) in [5.74, 6) is 0.851. The van der Waals surface area contributed by atoms with Crippen LogP contribution >= 0.6 is 0 Å². The summed E-state index contributed by atoms with van der Waals surface area (Å²) in [5, 5.41) is 5.92. The van der Waals surface area contributed by atoms with Crippen molar-refractivity contribution in [3.05, 3.63) is 41.9 Å². The van der Waals surface area contributed by atoms with E-state index in [1.807, 2.05) is 24.1 Å². The second-order valence-electron chi connectivity index (χ2n) is 6.67. The normalized spacial score (nSPS) is 14.7. The number of hydrogen-bond donors (Lipinski definition) is 2. The van der Waals surface area contributed by atoms with Crippen molar-refractivity contribution >= 4 is 29.0 Å². The molecule has 0 aliphatic carbocycles. The lowest BCUT2D eigenvalue weighted by Crippen LogP contribution is -2.47. The quantitative estimate of drug-likeness (QED) is 0.856. The molecule has 2 amide bonds. The number of anilines is 3. The van der Waals surface area contributed by atoms with Crippen LogP contribution in [0.1, 0.15) is 23.2 Å². The molecule has 0 radical (unpaired) electrons. The van der Waals surface area contributed by atoms with E-state index in [0.29, 0.717) is 36.1 Å². The maximum atomic E-state index is 12.8. The van der Waals surface area contributed by atoms with Crippen LogP contribution in [0.15, 0.2) is 30.3 Å². The summed E-state index contributed by atoms with van der Waals surface area (Å²) in [6.45, 7) is 6.33. The van der Waals surface area contributed by atoms with Crippen molar-refractivity contribution in [2.75, 3.05) is 43.9 Å². The number of aromatic nitrogens is 2. The van der Waals surface area contributed by atoms with Gasteiger partial charge in [0.25, 0.3) is 5.91 Å². The van der Waals surface area contributed by atoms with Gasteiger partial charge in [0, 0.05) is 50.5 Å². The summed E-state index contributed by atoms with van der Waals surface area (Å²) in [6.07, 6.45) is 0. The molecule has 1 aliphatic heterocycles. The highest BCUT2D eigenvalue weighted by Gasteiger charge is 2.22. The number of nitrogens with zero attached hydrogens (tertiary/aromatic N) is 4. The monoisotopic (exact) mass is 368 g/mol. The first-order chi connectivity index (χ1) is 12.9. The van der Waals surface area contributed by atoms with Crippen molar-refractivity contribution in [2.45, 2.75) is 13.8 Å². The third-order valence-electron chi connectivity index (χ3n) is 4.30. The SMILES string of the molecule is CC(=O)Nc1cccc(Nc2cc(C(=O)N3CCN(C)CC3)nc(C)n2)c1. The molecule has 1 saturated heterocycles. The molecule has 2 N–H and O–H groups in total. The number of aryl methyl sites for hydroxylation is 1. The van der Waals surface area contributed by atoms with Gasteiger partial charge in [-0.25, -0.2) is 9.97 Å². The average molecular weight is 368 g/mol. The number of carbonyl (C=O) groups is 2. The lowest BCUT2D eigenvalue weighted by Gasteiger charge is -2.32. The molecule has 8 heteroatoms. The van der Waals surface area contributed by atoms with Gasteiger partial charge in [-0.05, 0) is 32.2 Å². The zero-order valence-electron chi connectivity index (χ0n) is 15.8. The van der Waals surface area contributed by atoms with Crippen LogP contribution in [0.4, 0.5) is 17.2 Å². The predicted octanol–water partition coefficient (Wildman–Crippen LogP) is 1.87. The minimum Gasteiger partial charge on any atom is -0.340 e. The molecular formula is C19H24N6O2. The summed E-state index contributed by atoms with van der Waals surface area (Å²) in [4.78, 5) is 36.7. The Kier molecular flexibility index (Phi) is 5.66. The van der Waals surface area contributed by atoms with Crippen LogP contribution in [0, 0.1) is 6.92 Å². The molecule has 27 heavy (non-hydrogen) atoms. The summed E-state index contributed by atoms with van der Waals surface area (Å²) < 4.78 is 0. The minimum absolute atomic E-state index is 0.0800. The third-order valence-corrected chi connectivity index (χ3v) is 4.30. The number of likely N-dealkylation sites (N-methyl/N-ethyl adjacent to an activating group) is 1. The van der Waals surface area contributed by atoms with Crippen molar-refractivity contribution in [1.82, 2.24) is 19.8 Å². The summed E-state index contributed by atoms with van der Waals surface area (Å²) >= 11 is 0. The molecule has 8 nitrogen and oxygen atoms in total. The van der Waals surface area contributed by atoms with Gasteiger partial charge in [-0.1, -0.05) is 6.07 Å². The smallest absolute Gasteiger partial charge is 0.272 e. The highest BCUT2D eigenvalue weighted by atomic mass is 16.2. The van der Waals surface area contributed by atoms with E-state index in [0.717, 1.165) is 18.8 Å². The van der Waals surface area contributed by atoms with Crippen LogP contribution < -0.4 is 10.6 Å². The van der Waals surface area contributed by atoms with Gasteiger partial charge in [0.1, 0.15) is 17.3 Å². The Labute approximate surface area is 158 Å². The molecule has 3 rings (SSSR count). The van der Waals surface area contributed by atoms with Gasteiger partial charge in [-0.3, -0.25) is 9.59 Å². The topological polar surface area (TPSA) is 90.5 Å². The number of nitrogens with one attached hydrogen (secondary N) is 2. The molecule has 1 aromatic carbocycles. The Morgan fingerprint density at radius 1 is 1.04 bits per heavy atom. The Morgan fingerprint density at radius 2 is 1.74 bits per heavy atom. The zero-order chi connectivity index (χ0) is 19.4. The summed E-state index contributed by atoms with van der Waals surface area (Å²) in [7, 11) is 2.05. The first-order valence-electron chi connectivity index (χ1n) is 8.89. The largest absolute Gasteiger partial charge is 0.340 e. The van der Waals surface area contributed by atoms with Crippen LogP contribution in [0.25, 0.3) is 0 Å². The molecule has 0 saturated carbocycles. The molecule has 2 aromatic rings. The van der Waals surface area contributed by atoms with Crippen molar-refractivity contribution in [3.63, 3.8) is 0 Å². The summed E-state index contributed by atoms with van der Waals surface area (Å²) in [5.41, 5.74) is 1.83. The van der Waals surface area contributed by atoms with E-state index in [1.54, 1.807) is 25.1 Å². The Balaban J connectivity index is 1.77. The Morgan fingerprint density at radius 3 is 2.44 bits per heavy atom. The number of carbonyl (C=O) groups excluding carboxylic acids is 2. The first kappa shape index (κ1) is 18.8. The second kappa shape index (κ2) is 8.13. The molecule has 0 atom stereocenters. The number of benzene rings is 1. The van der Waals surface area contributed by atoms with Crippen molar-refractivity contribution in [1.29, 1.82) is 0 Å². The van der Waals surface area contributed by atoms with E-state index in [4.69, 9.17) is 0 Å². The minimum atomic E-state index is -0.134. The van der Waals surface area contributed by atoms with Crippen LogP contribution in [-0.2, 0) is 4.79 Å². The van der Waals surface area contributed by atoms with Crippen molar-refractivity contribution in [2.24, 2.45) is 0 Å². The third kappa shape index (κ3) is 5.01. The number of piperazine rings is 1. The second-order valence-corrected chi connectivity index (χ2v) is 6.67. The number of hydrogen-bond acceptors (Lipinski definition) is 6. The predicted molar refractivity (Wildman–Crippen MR) is 104 cm³/mol. The van der Waals surface area contributed by atoms with Gasteiger partial charge in [0.2, 0.25) is 5.91 Å². The van der Waals surface area contributed by atoms with E-state index in [1.165, 1.54) is 6.92 Å². The van der Waals surface area contributed by atoms with Crippen molar-refractivity contribution in [3.8, 4) is 0 Å². The maximum absolute atomic E-state index is 12.8. The fourth-order valence-corrected chi connectivity index (χ4v) is 2.94. The van der Waals surface area contributed by atoms with E-state index in [9.17, 15) is 9.59 Å². The number of amides is 2. The lowest BCUT2D eigenvalue weighted by atomic mass is 10.2. The molecular weight excluding hydrogens is 344 g/mol. The zero-order valence-corrected chi connectivity index (χ0v) is 15.8. The van der Waals surface area contributed by atoms with Gasteiger partial charge in [-0.15, -0.1) is 0 Å². The van der Waals surface area contributed by atoms with Gasteiger partial charge in [0.05, 0.1) is 0 Å².